The van der Waals surface area contributed by atoms with E-state index in [-0.39, 0.29) is 29.7 Å². The van der Waals surface area contributed by atoms with Crippen LogP contribution in [0.4, 0.5) is 13.2 Å². The number of alkyl halides is 3. The highest BCUT2D eigenvalue weighted by Gasteiger charge is 2.49. The Balaban J connectivity index is 2.29. The van der Waals surface area contributed by atoms with Gasteiger partial charge < -0.3 is 14.8 Å². The number of halogens is 3. The van der Waals surface area contributed by atoms with E-state index in [2.05, 4.69) is 5.32 Å². The van der Waals surface area contributed by atoms with Gasteiger partial charge in [-0.3, -0.25) is 9.59 Å². The number of ketones is 1. The van der Waals surface area contributed by atoms with Gasteiger partial charge in [-0.25, -0.2) is 4.79 Å². The average molecular weight is 451 g/mol. The van der Waals surface area contributed by atoms with Crippen LogP contribution in [0.2, 0.25) is 0 Å². The van der Waals surface area contributed by atoms with E-state index in [0.717, 1.165) is 13.2 Å². The number of carbonyl (C=O) groups is 3. The smallest absolute Gasteiger partial charge is 0.416 e. The molecule has 0 amide bonds. The maximum absolute atomic E-state index is 13.9. The molecule has 1 heterocycles. The quantitative estimate of drug-likeness (QED) is 0.553. The van der Waals surface area contributed by atoms with E-state index in [1.807, 2.05) is 0 Å². The maximum atomic E-state index is 13.9. The fraction of sp³-hybridized carbons (Fsp3) is 0.435. The molecule has 1 aliphatic heterocycles. The van der Waals surface area contributed by atoms with Gasteiger partial charge in [-0.05, 0) is 37.8 Å². The molecule has 0 fully saturated rings. The number of allylic oxidation sites excluding steroid dienone is 3. The van der Waals surface area contributed by atoms with Crippen molar-refractivity contribution in [2.24, 2.45) is 11.8 Å². The molecule has 1 aromatic carbocycles. The highest BCUT2D eigenvalue weighted by Crippen LogP contribution is 2.48. The van der Waals surface area contributed by atoms with Crippen molar-refractivity contribution in [3.05, 3.63) is 57.9 Å². The van der Waals surface area contributed by atoms with Crippen LogP contribution in [0.3, 0.4) is 0 Å². The summed E-state index contributed by atoms with van der Waals surface area (Å²) in [6.07, 6.45) is -4.48. The van der Waals surface area contributed by atoms with Crippen LogP contribution in [0.25, 0.3) is 0 Å². The maximum Gasteiger partial charge on any atom is 0.416 e. The number of benzene rings is 1. The number of nitrogens with one attached hydrogen (secondary N) is 1. The average Bonchev–Trinajstić information content (AvgIpc) is 2.72. The van der Waals surface area contributed by atoms with Crippen molar-refractivity contribution in [2.75, 3.05) is 13.7 Å². The van der Waals surface area contributed by atoms with E-state index in [1.165, 1.54) is 18.2 Å². The minimum absolute atomic E-state index is 0.00488. The zero-order valence-corrected chi connectivity index (χ0v) is 18.1. The fourth-order valence-electron chi connectivity index (χ4n) is 4.48. The highest BCUT2D eigenvalue weighted by molar-refractivity contribution is 6.12. The van der Waals surface area contributed by atoms with Crippen LogP contribution in [-0.2, 0) is 30.0 Å². The molecule has 3 atom stereocenters. The number of Topliss-reactive ketones (excluding diaryl/α,β-unsaturated/α-hetero) is 1. The fourth-order valence-corrected chi connectivity index (χ4v) is 4.48. The Morgan fingerprint density at radius 2 is 1.88 bits per heavy atom. The summed E-state index contributed by atoms with van der Waals surface area (Å²) in [6.45, 7) is 4.84. The topological polar surface area (TPSA) is 81.7 Å². The molecular formula is C23H24F3NO5. The number of esters is 2. The molecule has 0 bridgehead atoms. The highest BCUT2D eigenvalue weighted by atomic mass is 19.4. The first-order chi connectivity index (χ1) is 15.0. The Morgan fingerprint density at radius 3 is 2.47 bits per heavy atom. The van der Waals surface area contributed by atoms with E-state index in [9.17, 15) is 27.6 Å². The summed E-state index contributed by atoms with van der Waals surface area (Å²) < 4.78 is 51.6. The van der Waals surface area contributed by atoms with Gasteiger partial charge in [-0.2, -0.15) is 13.2 Å². The molecule has 6 nitrogen and oxygen atoms in total. The summed E-state index contributed by atoms with van der Waals surface area (Å²) in [5, 5.41) is 3.01. The third kappa shape index (κ3) is 4.03. The predicted molar refractivity (Wildman–Crippen MR) is 108 cm³/mol. The van der Waals surface area contributed by atoms with E-state index >= 15 is 0 Å². The van der Waals surface area contributed by atoms with Crippen molar-refractivity contribution < 1.29 is 37.0 Å². The molecule has 0 aromatic heterocycles. The number of methoxy groups -OCH3 is 1. The van der Waals surface area contributed by atoms with Crippen molar-refractivity contribution >= 4 is 17.7 Å². The van der Waals surface area contributed by atoms with Crippen LogP contribution >= 0.6 is 0 Å². The van der Waals surface area contributed by atoms with Gasteiger partial charge in [0.25, 0.3) is 0 Å². The molecule has 1 N–H and O–H groups in total. The van der Waals surface area contributed by atoms with Gasteiger partial charge in [-0.15, -0.1) is 0 Å². The van der Waals surface area contributed by atoms with E-state index in [4.69, 9.17) is 9.47 Å². The summed E-state index contributed by atoms with van der Waals surface area (Å²) in [5.41, 5.74) is -0.633. The van der Waals surface area contributed by atoms with Crippen molar-refractivity contribution in [3.63, 3.8) is 0 Å². The van der Waals surface area contributed by atoms with Crippen molar-refractivity contribution in [1.82, 2.24) is 5.32 Å². The first-order valence-electron chi connectivity index (χ1n) is 10.2. The van der Waals surface area contributed by atoms with Gasteiger partial charge in [0, 0.05) is 22.9 Å². The molecular weight excluding hydrogens is 427 g/mol. The summed E-state index contributed by atoms with van der Waals surface area (Å²) in [5.74, 6) is -5.20. The van der Waals surface area contributed by atoms with Gasteiger partial charge in [0.2, 0.25) is 0 Å². The molecule has 32 heavy (non-hydrogen) atoms. The predicted octanol–water partition coefficient (Wildman–Crippen LogP) is 3.88. The molecule has 1 aliphatic carbocycles. The first-order valence-corrected chi connectivity index (χ1v) is 10.2. The second kappa shape index (κ2) is 8.80. The van der Waals surface area contributed by atoms with Gasteiger partial charge in [-0.1, -0.05) is 25.1 Å². The van der Waals surface area contributed by atoms with Gasteiger partial charge in [0.1, 0.15) is 5.92 Å². The lowest BCUT2D eigenvalue weighted by Gasteiger charge is -2.38. The number of hydrogen-bond acceptors (Lipinski definition) is 6. The normalized spacial score (nSPS) is 23.5. The molecule has 9 heteroatoms. The molecule has 0 saturated carbocycles. The van der Waals surface area contributed by atoms with Gasteiger partial charge in [0.05, 0.1) is 24.9 Å². The van der Waals surface area contributed by atoms with Crippen LogP contribution in [0, 0.1) is 11.8 Å². The van der Waals surface area contributed by atoms with Crippen LogP contribution in [0.5, 0.6) is 0 Å². The SMILES string of the molecule is CCOC(=O)C1=C(C)NC2=C(C(=O)[C@H](C(=O)OC)[C@H](C)C2)[C@@H]1c1ccccc1C(F)(F)F. The van der Waals surface area contributed by atoms with E-state index in [1.54, 1.807) is 20.8 Å². The Morgan fingerprint density at radius 1 is 1.22 bits per heavy atom. The number of hydrogen-bond donors (Lipinski definition) is 1. The number of dihydropyridines is 1. The molecule has 2 aliphatic rings. The number of carbonyl (C=O) groups excluding carboxylic acids is 3. The molecule has 0 radical (unpaired) electrons. The van der Waals surface area contributed by atoms with Gasteiger partial charge in [0.15, 0.2) is 5.78 Å². The van der Waals surface area contributed by atoms with E-state index < -0.39 is 47.2 Å². The lowest BCUT2D eigenvalue weighted by Crippen LogP contribution is -2.43. The second-order valence-electron chi connectivity index (χ2n) is 7.84. The number of ether oxygens (including phenoxy) is 2. The zero-order chi connectivity index (χ0) is 23.8. The molecule has 3 rings (SSSR count). The van der Waals surface area contributed by atoms with E-state index in [0.29, 0.717) is 11.4 Å². The second-order valence-corrected chi connectivity index (χ2v) is 7.84. The van der Waals surface area contributed by atoms with Crippen LogP contribution in [0.15, 0.2) is 46.8 Å². The lowest BCUT2D eigenvalue weighted by molar-refractivity contribution is -0.151. The molecule has 0 saturated heterocycles. The van der Waals surface area contributed by atoms with Crippen LogP contribution < -0.4 is 5.32 Å². The molecule has 172 valence electrons. The minimum atomic E-state index is -4.72. The minimum Gasteiger partial charge on any atom is -0.468 e. The third-order valence-corrected chi connectivity index (χ3v) is 5.82. The largest absolute Gasteiger partial charge is 0.468 e. The Bertz CT molecular complexity index is 1020. The Labute approximate surface area is 183 Å². The zero-order valence-electron chi connectivity index (χ0n) is 18.1. The molecule has 1 aromatic rings. The van der Waals surface area contributed by atoms with Crippen molar-refractivity contribution in [2.45, 2.75) is 39.3 Å². The summed E-state index contributed by atoms with van der Waals surface area (Å²) in [7, 11) is 1.15. The summed E-state index contributed by atoms with van der Waals surface area (Å²) >= 11 is 0. The van der Waals surface area contributed by atoms with Crippen molar-refractivity contribution in [3.8, 4) is 0 Å². The van der Waals surface area contributed by atoms with Crippen molar-refractivity contribution in [1.29, 1.82) is 0 Å². The standard InChI is InChI=1S/C23H24F3NO5/c1-5-32-22(30)17-12(3)27-15-10-11(2)16(21(29)31-4)20(28)19(15)18(17)13-8-6-7-9-14(13)23(24,25)26/h6-9,11,16,18,27H,5,10H2,1-4H3/t11-,16-,18-/m1/s1. The third-order valence-electron chi connectivity index (χ3n) is 5.82. The van der Waals surface area contributed by atoms with Crippen LogP contribution in [-0.4, -0.2) is 31.4 Å². The summed E-state index contributed by atoms with van der Waals surface area (Å²) in [6, 6.07) is 4.81. The Kier molecular flexibility index (Phi) is 6.48. The monoisotopic (exact) mass is 451 g/mol. The lowest BCUT2D eigenvalue weighted by atomic mass is 9.68. The Hall–Kier alpha value is -3.10. The first kappa shape index (κ1) is 23.6. The molecule has 0 unspecified atom stereocenters. The van der Waals surface area contributed by atoms with Gasteiger partial charge >= 0.3 is 18.1 Å². The van der Waals surface area contributed by atoms with Crippen LogP contribution in [0.1, 0.15) is 44.2 Å². The number of rotatable bonds is 4. The molecule has 0 spiro atoms. The summed E-state index contributed by atoms with van der Waals surface area (Å²) in [4.78, 5) is 38.7.